The maximum atomic E-state index is 12.9. The Bertz CT molecular complexity index is 1020. The quantitative estimate of drug-likeness (QED) is 0.795. The van der Waals surface area contributed by atoms with Gasteiger partial charge in [-0.2, -0.15) is 0 Å². The highest BCUT2D eigenvalue weighted by Gasteiger charge is 2.36. The Hall–Kier alpha value is -3.13. The fourth-order valence-electron chi connectivity index (χ4n) is 4.43. The third kappa shape index (κ3) is 4.14. The number of carbonyl (C=O) groups excluding carboxylic acids is 2. The number of likely N-dealkylation sites (N-methyl/N-ethyl adjacent to an activating group) is 2. The molecule has 170 valence electrons. The highest BCUT2D eigenvalue weighted by atomic mass is 16.2. The number of carbonyl (C=O) groups is 2. The van der Waals surface area contributed by atoms with Gasteiger partial charge >= 0.3 is 0 Å². The molecule has 2 aromatic rings. The molecule has 0 spiro atoms. The first kappa shape index (κ1) is 22.1. The van der Waals surface area contributed by atoms with Crippen LogP contribution in [0.1, 0.15) is 31.1 Å². The van der Waals surface area contributed by atoms with Crippen molar-refractivity contribution in [2.45, 2.75) is 32.9 Å². The van der Waals surface area contributed by atoms with Crippen molar-refractivity contribution in [1.82, 2.24) is 14.8 Å². The molecule has 3 heterocycles. The van der Waals surface area contributed by atoms with E-state index in [0.29, 0.717) is 11.4 Å². The summed E-state index contributed by atoms with van der Waals surface area (Å²) in [5, 5.41) is 3.34. The summed E-state index contributed by atoms with van der Waals surface area (Å²) >= 11 is 0. The van der Waals surface area contributed by atoms with Crippen LogP contribution in [-0.2, 0) is 4.79 Å². The number of rotatable bonds is 4. The van der Waals surface area contributed by atoms with Crippen LogP contribution < -0.4 is 15.1 Å². The molecule has 0 bridgehead atoms. The Balaban J connectivity index is 1.57. The van der Waals surface area contributed by atoms with Crippen molar-refractivity contribution < 1.29 is 9.59 Å². The topological polar surface area (TPSA) is 72.0 Å². The standard InChI is InChI=1S/C24H32N6O2/c1-16(2)30-17(3)23(31)28(5)20-9-10-21(26-22(20)30)25-19-8-6-7-18(15-19)24(32)29-13-11-27(4)12-14-29/h6-10,15-17H,11-14H2,1-5H3,(H,25,26)/t17-/m1/s1. The van der Waals surface area contributed by atoms with Gasteiger partial charge in [0.25, 0.3) is 5.91 Å². The SMILES string of the molecule is CC(C)N1c2nc(Nc3cccc(C(=O)N4CCN(C)CC4)c3)ccc2N(C)C(=O)[C@H]1C. The van der Waals surface area contributed by atoms with E-state index in [1.54, 1.807) is 11.9 Å². The monoisotopic (exact) mass is 436 g/mol. The predicted octanol–water partition coefficient (Wildman–Crippen LogP) is 2.79. The second-order valence-electron chi connectivity index (χ2n) is 8.91. The number of fused-ring (bicyclic) bond motifs is 1. The van der Waals surface area contributed by atoms with Gasteiger partial charge in [0, 0.05) is 50.5 Å². The third-order valence-electron chi connectivity index (χ3n) is 6.29. The highest BCUT2D eigenvalue weighted by molar-refractivity contribution is 6.04. The normalized spacial score (nSPS) is 19.4. The van der Waals surface area contributed by atoms with Crippen molar-refractivity contribution in [3.05, 3.63) is 42.0 Å². The number of nitrogens with one attached hydrogen (secondary N) is 1. The third-order valence-corrected chi connectivity index (χ3v) is 6.29. The maximum absolute atomic E-state index is 12.9. The van der Waals surface area contributed by atoms with Crippen LogP contribution in [0.2, 0.25) is 0 Å². The fourth-order valence-corrected chi connectivity index (χ4v) is 4.43. The molecular formula is C24H32N6O2. The molecule has 0 aliphatic carbocycles. The van der Waals surface area contributed by atoms with E-state index in [9.17, 15) is 9.59 Å². The van der Waals surface area contributed by atoms with Crippen LogP contribution in [-0.4, -0.2) is 79.0 Å². The minimum Gasteiger partial charge on any atom is -0.341 e. The van der Waals surface area contributed by atoms with Crippen LogP contribution in [0.3, 0.4) is 0 Å². The number of hydrogen-bond acceptors (Lipinski definition) is 6. The lowest BCUT2D eigenvalue weighted by atomic mass is 10.1. The molecule has 2 aliphatic rings. The van der Waals surface area contributed by atoms with Crippen LogP contribution in [0.15, 0.2) is 36.4 Å². The van der Waals surface area contributed by atoms with Crippen molar-refractivity contribution >= 4 is 34.8 Å². The first-order chi connectivity index (χ1) is 15.3. The molecule has 2 aliphatic heterocycles. The van der Waals surface area contributed by atoms with Crippen LogP contribution >= 0.6 is 0 Å². The zero-order valence-corrected chi connectivity index (χ0v) is 19.5. The molecule has 2 amide bonds. The lowest BCUT2D eigenvalue weighted by molar-refractivity contribution is -0.119. The zero-order valence-electron chi connectivity index (χ0n) is 19.5. The van der Waals surface area contributed by atoms with E-state index in [4.69, 9.17) is 4.98 Å². The van der Waals surface area contributed by atoms with Crippen molar-refractivity contribution in [3.63, 3.8) is 0 Å². The molecule has 1 aromatic heterocycles. The molecule has 4 rings (SSSR count). The van der Waals surface area contributed by atoms with Crippen LogP contribution in [0.5, 0.6) is 0 Å². The van der Waals surface area contributed by atoms with Gasteiger partial charge in [0.2, 0.25) is 5.91 Å². The van der Waals surface area contributed by atoms with Gasteiger partial charge < -0.3 is 24.9 Å². The average Bonchev–Trinajstić information content (AvgIpc) is 2.77. The number of nitrogens with zero attached hydrogens (tertiary/aromatic N) is 5. The molecule has 1 fully saturated rings. The van der Waals surface area contributed by atoms with Crippen LogP contribution in [0, 0.1) is 0 Å². The van der Waals surface area contributed by atoms with Crippen LogP contribution in [0.25, 0.3) is 0 Å². The number of anilines is 4. The molecule has 32 heavy (non-hydrogen) atoms. The number of pyridine rings is 1. The summed E-state index contributed by atoms with van der Waals surface area (Å²) < 4.78 is 0. The molecule has 0 unspecified atom stereocenters. The van der Waals surface area contributed by atoms with Crippen LogP contribution in [0.4, 0.5) is 23.0 Å². The molecule has 1 aromatic carbocycles. The minimum atomic E-state index is -0.278. The molecule has 0 saturated carbocycles. The summed E-state index contributed by atoms with van der Waals surface area (Å²) in [6.07, 6.45) is 0. The van der Waals surface area contributed by atoms with E-state index < -0.39 is 0 Å². The number of amides is 2. The summed E-state index contributed by atoms with van der Waals surface area (Å²) in [6, 6.07) is 11.2. The van der Waals surface area contributed by atoms with Gasteiger partial charge in [-0.25, -0.2) is 4.98 Å². The molecular weight excluding hydrogens is 404 g/mol. The summed E-state index contributed by atoms with van der Waals surface area (Å²) in [7, 11) is 3.87. The fraction of sp³-hybridized carbons (Fsp3) is 0.458. The number of benzene rings is 1. The van der Waals surface area contributed by atoms with Crippen molar-refractivity contribution in [1.29, 1.82) is 0 Å². The second-order valence-corrected chi connectivity index (χ2v) is 8.91. The maximum Gasteiger partial charge on any atom is 0.254 e. The number of hydrogen-bond donors (Lipinski definition) is 1. The second kappa shape index (κ2) is 8.78. The van der Waals surface area contributed by atoms with E-state index in [1.807, 2.05) is 48.2 Å². The summed E-state index contributed by atoms with van der Waals surface area (Å²) in [6.45, 7) is 9.32. The Kier molecular flexibility index (Phi) is 6.06. The van der Waals surface area contributed by atoms with Gasteiger partial charge in [-0.15, -0.1) is 0 Å². The minimum absolute atomic E-state index is 0.0556. The first-order valence-electron chi connectivity index (χ1n) is 11.2. The molecule has 1 atom stereocenters. The van der Waals surface area contributed by atoms with Gasteiger partial charge in [0.15, 0.2) is 5.82 Å². The lowest BCUT2D eigenvalue weighted by Crippen LogP contribution is -2.53. The van der Waals surface area contributed by atoms with Gasteiger partial charge in [0.1, 0.15) is 11.9 Å². The summed E-state index contributed by atoms with van der Waals surface area (Å²) in [5.74, 6) is 1.57. The van der Waals surface area contributed by atoms with E-state index in [1.165, 1.54) is 0 Å². The molecule has 0 radical (unpaired) electrons. The van der Waals surface area contributed by atoms with Gasteiger partial charge in [0.05, 0.1) is 5.69 Å². The Labute approximate surface area is 189 Å². The highest BCUT2D eigenvalue weighted by Crippen LogP contribution is 2.36. The lowest BCUT2D eigenvalue weighted by Gasteiger charge is -2.41. The van der Waals surface area contributed by atoms with E-state index in [2.05, 4.69) is 36.0 Å². The predicted molar refractivity (Wildman–Crippen MR) is 128 cm³/mol. The Morgan fingerprint density at radius 2 is 1.81 bits per heavy atom. The van der Waals surface area contributed by atoms with Crippen molar-refractivity contribution in [2.24, 2.45) is 0 Å². The van der Waals surface area contributed by atoms with Gasteiger partial charge in [-0.3, -0.25) is 9.59 Å². The van der Waals surface area contributed by atoms with Gasteiger partial charge in [-0.05, 0) is 58.2 Å². The molecule has 8 nitrogen and oxygen atoms in total. The molecule has 8 heteroatoms. The molecule has 1 saturated heterocycles. The zero-order chi connectivity index (χ0) is 23.0. The van der Waals surface area contributed by atoms with Crippen molar-refractivity contribution in [2.75, 3.05) is 55.4 Å². The van der Waals surface area contributed by atoms with E-state index >= 15 is 0 Å². The van der Waals surface area contributed by atoms with Gasteiger partial charge in [-0.1, -0.05) is 6.07 Å². The molecule has 1 N–H and O–H groups in total. The first-order valence-corrected chi connectivity index (χ1v) is 11.2. The summed E-state index contributed by atoms with van der Waals surface area (Å²) in [5.41, 5.74) is 2.27. The Morgan fingerprint density at radius 3 is 2.50 bits per heavy atom. The van der Waals surface area contributed by atoms with E-state index in [-0.39, 0.29) is 23.9 Å². The largest absolute Gasteiger partial charge is 0.341 e. The van der Waals surface area contributed by atoms with E-state index in [0.717, 1.165) is 43.4 Å². The van der Waals surface area contributed by atoms with Crippen molar-refractivity contribution in [3.8, 4) is 0 Å². The summed E-state index contributed by atoms with van der Waals surface area (Å²) in [4.78, 5) is 38.3. The number of piperazine rings is 1. The average molecular weight is 437 g/mol. The smallest absolute Gasteiger partial charge is 0.254 e. The number of aromatic nitrogens is 1. The Morgan fingerprint density at radius 1 is 1.09 bits per heavy atom.